The molecule has 2 aromatic rings. The number of fused-ring (bicyclic) bond motifs is 4. The number of carbonyl (C=O) groups is 1. The second-order valence-electron chi connectivity index (χ2n) is 14.5. The first-order chi connectivity index (χ1) is 22.6. The number of rotatable bonds is 6. The van der Waals surface area contributed by atoms with Crippen molar-refractivity contribution in [1.29, 1.82) is 5.41 Å². The van der Waals surface area contributed by atoms with E-state index < -0.39 is 6.17 Å². The molecule has 1 amide bonds. The van der Waals surface area contributed by atoms with Crippen molar-refractivity contribution in [1.82, 2.24) is 24.7 Å². The normalized spacial score (nSPS) is 28.6. The predicted molar refractivity (Wildman–Crippen MR) is 177 cm³/mol. The van der Waals surface area contributed by atoms with Crippen molar-refractivity contribution in [2.45, 2.75) is 75.2 Å². The number of halogens is 1. The number of ether oxygens (including phenoxy) is 1. The quantitative estimate of drug-likeness (QED) is 0.408. The summed E-state index contributed by atoms with van der Waals surface area (Å²) in [6, 6.07) is 6.10. The lowest BCUT2D eigenvalue weighted by atomic mass is 9.70. The summed E-state index contributed by atoms with van der Waals surface area (Å²) in [4.78, 5) is 31.0. The average molecular weight is 648 g/mol. The number of nitrogens with one attached hydrogen (secondary N) is 1. The summed E-state index contributed by atoms with van der Waals surface area (Å²) >= 11 is 0. The zero-order valence-corrected chi connectivity index (χ0v) is 27.9. The number of aromatic nitrogens is 2. The van der Waals surface area contributed by atoms with Crippen LogP contribution in [-0.4, -0.2) is 114 Å². The molecule has 47 heavy (non-hydrogen) atoms. The van der Waals surface area contributed by atoms with Crippen molar-refractivity contribution in [3.8, 4) is 11.8 Å². The number of hydrogen-bond donors (Lipinski definition) is 3. The molecular weight excluding hydrogens is 599 g/mol. The number of aromatic hydroxyl groups is 1. The minimum absolute atomic E-state index is 0.0409. The number of nitrogens with zero attached hydrogens (tertiary/aromatic N) is 6. The minimum atomic E-state index is -0.839. The Morgan fingerprint density at radius 1 is 1.21 bits per heavy atom. The SMILES string of the molecule is CN(C)C(=O)C(=N)/C=C1/CN(c2nc(OC[C@@]34CCCN3C[C@H](F)C4)nc3c2CN(C)[C@]2(CCCc4ccc(O)cc42)C3)CCC[NH2+]1. The number of nitrogens with two attached hydrogens (primary N) is 1. The molecule has 0 radical (unpaired) electrons. The van der Waals surface area contributed by atoms with E-state index in [0.717, 1.165) is 80.9 Å². The number of amides is 1. The first-order valence-electron chi connectivity index (χ1n) is 17.1. The molecular formula is C35H48FN8O3+. The number of phenolic OH excluding ortho intramolecular Hbond substituents is 1. The maximum atomic E-state index is 14.6. The lowest BCUT2D eigenvalue weighted by Gasteiger charge is -2.49. The molecule has 4 N–H and O–H groups in total. The molecule has 5 aliphatic rings. The number of carbonyl (C=O) groups excluding carboxylic acids is 1. The van der Waals surface area contributed by atoms with Crippen molar-refractivity contribution in [2.24, 2.45) is 0 Å². The zero-order valence-electron chi connectivity index (χ0n) is 27.9. The van der Waals surface area contributed by atoms with Crippen LogP contribution in [0, 0.1) is 5.41 Å². The van der Waals surface area contributed by atoms with Gasteiger partial charge in [0, 0.05) is 64.6 Å². The Morgan fingerprint density at radius 2 is 2.06 bits per heavy atom. The van der Waals surface area contributed by atoms with Gasteiger partial charge in [0.25, 0.3) is 5.91 Å². The molecule has 252 valence electrons. The van der Waals surface area contributed by atoms with Crippen LogP contribution >= 0.6 is 0 Å². The molecule has 1 aromatic carbocycles. The molecule has 3 saturated heterocycles. The highest BCUT2D eigenvalue weighted by Crippen LogP contribution is 2.48. The molecule has 0 unspecified atom stereocenters. The standard InChI is InChI=1S/C35H47FN8O3/c1-41(2)32(46)29(37)15-25-20-43(13-6-12-38-25)31-27-21-42(3)35(11-4-7-23-8-9-26(45)16-28(23)35)18-30(27)39-33(40-31)47-22-34-10-5-14-44(34)19-24(36)17-34/h8-9,15-16,24,37-38,45H,4-7,10-14,17-22H2,1-3H3/p+1/b25-15-,37-29?/t24-,34+,35-/m1/s1. The van der Waals surface area contributed by atoms with E-state index in [4.69, 9.17) is 20.1 Å². The Bertz CT molecular complexity index is 1600. The number of phenols is 1. The van der Waals surface area contributed by atoms with Gasteiger partial charge in [0.15, 0.2) is 0 Å². The second-order valence-corrected chi connectivity index (χ2v) is 14.5. The Morgan fingerprint density at radius 3 is 2.89 bits per heavy atom. The van der Waals surface area contributed by atoms with E-state index in [0.29, 0.717) is 45.1 Å². The fraction of sp³-hybridized carbons (Fsp3) is 0.600. The molecule has 3 atom stereocenters. The van der Waals surface area contributed by atoms with Crippen LogP contribution < -0.4 is 15.0 Å². The van der Waals surface area contributed by atoms with Crippen LogP contribution in [0.2, 0.25) is 0 Å². The van der Waals surface area contributed by atoms with Gasteiger partial charge in [0.2, 0.25) is 0 Å². The van der Waals surface area contributed by atoms with Crippen molar-refractivity contribution in [2.75, 3.05) is 65.4 Å². The number of benzene rings is 1. The molecule has 12 heteroatoms. The van der Waals surface area contributed by atoms with E-state index in [2.05, 4.69) is 33.1 Å². The van der Waals surface area contributed by atoms with Gasteiger partial charge in [-0.3, -0.25) is 20.0 Å². The number of hydrogen-bond acceptors (Lipinski definition) is 9. The molecule has 1 spiro atoms. The number of anilines is 1. The van der Waals surface area contributed by atoms with Gasteiger partial charge in [-0.2, -0.15) is 9.97 Å². The Hall–Kier alpha value is -3.61. The zero-order chi connectivity index (χ0) is 32.9. The summed E-state index contributed by atoms with van der Waals surface area (Å²) in [7, 11) is 5.48. The molecule has 1 aromatic heterocycles. The van der Waals surface area contributed by atoms with Gasteiger partial charge in [-0.25, -0.2) is 4.39 Å². The largest absolute Gasteiger partial charge is 0.508 e. The van der Waals surface area contributed by atoms with Crippen LogP contribution in [0.4, 0.5) is 10.2 Å². The first kappa shape index (κ1) is 32.0. The van der Waals surface area contributed by atoms with Crippen molar-refractivity contribution in [3.63, 3.8) is 0 Å². The predicted octanol–water partition coefficient (Wildman–Crippen LogP) is 2.12. The molecule has 1 aliphatic carbocycles. The number of aryl methyl sites for hydroxylation is 1. The first-order valence-corrected chi connectivity index (χ1v) is 17.1. The Labute approximate surface area is 276 Å². The van der Waals surface area contributed by atoms with E-state index in [9.17, 15) is 14.3 Å². The number of likely N-dealkylation sites (N-methyl/N-ethyl adjacent to an activating group) is 1. The van der Waals surface area contributed by atoms with Crippen LogP contribution in [-0.2, 0) is 29.7 Å². The maximum Gasteiger partial charge on any atom is 0.318 e. The van der Waals surface area contributed by atoms with E-state index in [-0.39, 0.29) is 28.4 Å². The molecule has 3 fully saturated rings. The van der Waals surface area contributed by atoms with Gasteiger partial charge < -0.3 is 25.0 Å². The Balaban J connectivity index is 1.27. The van der Waals surface area contributed by atoms with Gasteiger partial charge in [-0.15, -0.1) is 0 Å². The molecule has 7 rings (SSSR count). The van der Waals surface area contributed by atoms with Gasteiger partial charge in [-0.1, -0.05) is 6.07 Å². The summed E-state index contributed by atoms with van der Waals surface area (Å²) in [5.41, 5.74) is 4.69. The van der Waals surface area contributed by atoms with Crippen LogP contribution in [0.3, 0.4) is 0 Å². The molecule has 4 aliphatic heterocycles. The maximum absolute atomic E-state index is 14.6. The summed E-state index contributed by atoms with van der Waals surface area (Å²) in [6.45, 7) is 4.47. The highest BCUT2D eigenvalue weighted by molar-refractivity contribution is 6.41. The van der Waals surface area contributed by atoms with Gasteiger partial charge in [0.05, 0.1) is 29.9 Å². The smallest absolute Gasteiger partial charge is 0.318 e. The van der Waals surface area contributed by atoms with E-state index in [1.54, 1.807) is 26.2 Å². The third kappa shape index (κ3) is 5.89. The van der Waals surface area contributed by atoms with E-state index >= 15 is 0 Å². The van der Waals surface area contributed by atoms with Crippen LogP contribution in [0.25, 0.3) is 0 Å². The van der Waals surface area contributed by atoms with Crippen LogP contribution in [0.1, 0.15) is 60.9 Å². The molecule has 0 bridgehead atoms. The average Bonchev–Trinajstić information content (AvgIpc) is 3.46. The number of quaternary nitrogens is 1. The number of alkyl halides is 1. The van der Waals surface area contributed by atoms with Gasteiger partial charge in [0.1, 0.15) is 35.8 Å². The van der Waals surface area contributed by atoms with Crippen molar-refractivity contribution >= 4 is 17.4 Å². The lowest BCUT2D eigenvalue weighted by molar-refractivity contribution is -0.604. The van der Waals surface area contributed by atoms with Crippen LogP contribution in [0.15, 0.2) is 30.0 Å². The fourth-order valence-electron chi connectivity index (χ4n) is 8.79. The van der Waals surface area contributed by atoms with E-state index in [1.165, 1.54) is 16.0 Å². The summed E-state index contributed by atoms with van der Waals surface area (Å²) in [5, 5.41) is 21.1. The second kappa shape index (κ2) is 12.4. The highest BCUT2D eigenvalue weighted by atomic mass is 19.1. The molecule has 11 nitrogen and oxygen atoms in total. The highest BCUT2D eigenvalue weighted by Gasteiger charge is 2.50. The van der Waals surface area contributed by atoms with Gasteiger partial charge in [-0.05, 0) is 69.0 Å². The van der Waals surface area contributed by atoms with Crippen LogP contribution in [0.5, 0.6) is 11.8 Å². The summed E-state index contributed by atoms with van der Waals surface area (Å²) < 4.78 is 21.1. The molecule has 5 heterocycles. The topological polar surface area (TPSA) is 126 Å². The molecule has 0 saturated carbocycles. The van der Waals surface area contributed by atoms with Crippen molar-refractivity contribution in [3.05, 3.63) is 52.4 Å². The third-order valence-electron chi connectivity index (χ3n) is 11.2. The van der Waals surface area contributed by atoms with E-state index in [1.807, 2.05) is 6.07 Å². The Kier molecular flexibility index (Phi) is 8.46. The third-order valence-corrected chi connectivity index (χ3v) is 11.2. The monoisotopic (exact) mass is 647 g/mol. The fourth-order valence-corrected chi connectivity index (χ4v) is 8.79. The summed E-state index contributed by atoms with van der Waals surface area (Å²) in [5.74, 6) is 0.768. The lowest BCUT2D eigenvalue weighted by Crippen LogP contribution is -2.82. The van der Waals surface area contributed by atoms with Gasteiger partial charge >= 0.3 is 6.01 Å². The summed E-state index contributed by atoms with van der Waals surface area (Å²) in [6.07, 6.45) is 7.83. The minimum Gasteiger partial charge on any atom is -0.508 e. The van der Waals surface area contributed by atoms with Crippen molar-refractivity contribution < 1.29 is 24.3 Å².